The van der Waals surface area contributed by atoms with E-state index in [1.807, 2.05) is 0 Å². The van der Waals surface area contributed by atoms with Crippen molar-refractivity contribution in [1.82, 2.24) is 5.32 Å². The third-order valence-corrected chi connectivity index (χ3v) is 6.29. The fourth-order valence-electron chi connectivity index (χ4n) is 3.07. The molecule has 7 nitrogen and oxygen atoms in total. The molecular formula is C25H44Cl3NO6S. The van der Waals surface area contributed by atoms with Gasteiger partial charge in [0, 0.05) is 12.2 Å². The summed E-state index contributed by atoms with van der Waals surface area (Å²) in [6, 6.07) is -0.939. The van der Waals surface area contributed by atoms with Crippen molar-refractivity contribution in [3.8, 4) is 0 Å². The number of hydrogen-bond acceptors (Lipinski definition) is 7. The highest BCUT2D eigenvalue weighted by atomic mass is 35.6. The van der Waals surface area contributed by atoms with Crippen LogP contribution in [0, 0.1) is 0 Å². The first-order valence-electron chi connectivity index (χ1n) is 12.8. The zero-order valence-corrected chi connectivity index (χ0v) is 25.3. The predicted molar refractivity (Wildman–Crippen MR) is 149 cm³/mol. The van der Waals surface area contributed by atoms with E-state index in [2.05, 4.69) is 12.2 Å². The first kappa shape index (κ1) is 35.4. The number of halogens is 3. The van der Waals surface area contributed by atoms with E-state index >= 15 is 0 Å². The third kappa shape index (κ3) is 23.8. The van der Waals surface area contributed by atoms with E-state index in [4.69, 9.17) is 49.0 Å². The molecule has 0 spiro atoms. The molecule has 212 valence electrons. The van der Waals surface area contributed by atoms with Crippen LogP contribution in [-0.2, 0) is 23.8 Å². The maximum atomic E-state index is 12.5. The van der Waals surface area contributed by atoms with Crippen LogP contribution >= 0.6 is 46.6 Å². The summed E-state index contributed by atoms with van der Waals surface area (Å²) in [5.41, 5.74) is -0.716. The van der Waals surface area contributed by atoms with E-state index < -0.39 is 34.1 Å². The van der Waals surface area contributed by atoms with E-state index in [-0.39, 0.29) is 11.7 Å². The van der Waals surface area contributed by atoms with Gasteiger partial charge in [-0.05, 0) is 39.4 Å². The Kier molecular flexibility index (Phi) is 20.1. The van der Waals surface area contributed by atoms with Gasteiger partial charge < -0.3 is 19.5 Å². The van der Waals surface area contributed by atoms with Gasteiger partial charge in [-0.3, -0.25) is 4.79 Å². The van der Waals surface area contributed by atoms with Crippen molar-refractivity contribution >= 4 is 64.6 Å². The van der Waals surface area contributed by atoms with Crippen LogP contribution in [0.2, 0.25) is 0 Å². The van der Waals surface area contributed by atoms with Crippen LogP contribution < -0.4 is 5.32 Å². The lowest BCUT2D eigenvalue weighted by molar-refractivity contribution is -0.156. The SMILES string of the molecule is CCCCCCCCCCCC(=O)OCCCSC[C@H](NC(=O)OCC(Cl)(Cl)Cl)C(=O)OC(C)(C)C. The van der Waals surface area contributed by atoms with Gasteiger partial charge in [-0.1, -0.05) is 93.1 Å². The topological polar surface area (TPSA) is 90.9 Å². The molecule has 0 saturated carbocycles. The Morgan fingerprint density at radius 2 is 1.44 bits per heavy atom. The average Bonchev–Trinajstić information content (AvgIpc) is 2.76. The molecule has 36 heavy (non-hydrogen) atoms. The van der Waals surface area contributed by atoms with Gasteiger partial charge in [0.05, 0.1) is 6.61 Å². The molecule has 0 fully saturated rings. The maximum Gasteiger partial charge on any atom is 0.408 e. The molecule has 0 bridgehead atoms. The second-order valence-corrected chi connectivity index (χ2v) is 13.3. The summed E-state index contributed by atoms with van der Waals surface area (Å²) in [7, 11) is 0. The van der Waals surface area contributed by atoms with Crippen LogP contribution in [0.1, 0.15) is 98.3 Å². The fraction of sp³-hybridized carbons (Fsp3) is 0.880. The Balaban J connectivity index is 4.11. The van der Waals surface area contributed by atoms with Gasteiger partial charge in [0.2, 0.25) is 3.79 Å². The van der Waals surface area contributed by atoms with E-state index in [1.54, 1.807) is 20.8 Å². The number of alkyl halides is 3. The van der Waals surface area contributed by atoms with Crippen LogP contribution in [0.3, 0.4) is 0 Å². The molecule has 0 saturated heterocycles. The lowest BCUT2D eigenvalue weighted by Crippen LogP contribution is -2.46. The highest BCUT2D eigenvalue weighted by Crippen LogP contribution is 2.26. The van der Waals surface area contributed by atoms with Gasteiger partial charge in [-0.2, -0.15) is 11.8 Å². The predicted octanol–water partition coefficient (Wildman–Crippen LogP) is 7.38. The molecule has 0 aromatic carbocycles. The molecule has 0 aliphatic carbocycles. The normalized spacial score (nSPS) is 12.6. The van der Waals surface area contributed by atoms with Gasteiger partial charge in [0.15, 0.2) is 0 Å². The molecule has 0 unspecified atom stereocenters. The summed E-state index contributed by atoms with van der Waals surface area (Å²) in [6.45, 7) is 7.29. The minimum atomic E-state index is -1.75. The van der Waals surface area contributed by atoms with Crippen LogP contribution in [0.15, 0.2) is 0 Å². The number of esters is 2. The van der Waals surface area contributed by atoms with Crippen LogP contribution in [0.4, 0.5) is 4.79 Å². The number of alkyl carbamates (subject to hydrolysis) is 1. The number of amides is 1. The Morgan fingerprint density at radius 1 is 0.861 bits per heavy atom. The molecule has 0 aromatic heterocycles. The van der Waals surface area contributed by atoms with Crippen molar-refractivity contribution in [2.75, 3.05) is 24.7 Å². The van der Waals surface area contributed by atoms with Crippen molar-refractivity contribution in [2.24, 2.45) is 0 Å². The Morgan fingerprint density at radius 3 is 2.00 bits per heavy atom. The molecule has 11 heteroatoms. The summed E-state index contributed by atoms with van der Waals surface area (Å²) < 4.78 is 13.8. The Hall–Kier alpha value is -0.570. The van der Waals surface area contributed by atoms with E-state index in [9.17, 15) is 14.4 Å². The first-order valence-corrected chi connectivity index (χ1v) is 15.1. The lowest BCUT2D eigenvalue weighted by atomic mass is 10.1. The van der Waals surface area contributed by atoms with Gasteiger partial charge in [-0.15, -0.1) is 0 Å². The molecule has 1 amide bonds. The van der Waals surface area contributed by atoms with E-state index in [0.29, 0.717) is 25.2 Å². The first-order chi connectivity index (χ1) is 16.8. The molecule has 1 N–H and O–H groups in total. The second kappa shape index (κ2) is 20.4. The summed E-state index contributed by atoms with van der Waals surface area (Å²) in [6.07, 6.45) is 11.0. The summed E-state index contributed by atoms with van der Waals surface area (Å²) in [4.78, 5) is 36.4. The number of nitrogens with one attached hydrogen (secondary N) is 1. The van der Waals surface area contributed by atoms with E-state index in [1.165, 1.54) is 56.7 Å². The monoisotopic (exact) mass is 591 g/mol. The van der Waals surface area contributed by atoms with Crippen molar-refractivity contribution in [1.29, 1.82) is 0 Å². The van der Waals surface area contributed by atoms with Gasteiger partial charge in [0.25, 0.3) is 0 Å². The standard InChI is InChI=1S/C25H44Cl3NO6S/c1-5-6-7-8-9-10-11-12-13-15-21(30)33-16-14-17-36-18-20(22(31)35-24(2,3)4)29-23(32)34-19-25(26,27)28/h20H,5-19H2,1-4H3,(H,29,32)/t20-/m0/s1. The third-order valence-electron chi connectivity index (χ3n) is 4.82. The van der Waals surface area contributed by atoms with Crippen molar-refractivity contribution < 1.29 is 28.6 Å². The average molecular weight is 593 g/mol. The molecule has 1 atom stereocenters. The number of carbonyl (C=O) groups excluding carboxylic acids is 3. The van der Waals surface area contributed by atoms with Gasteiger partial charge in [-0.25, -0.2) is 9.59 Å². The smallest absolute Gasteiger partial charge is 0.408 e. The second-order valence-electron chi connectivity index (χ2n) is 9.65. The maximum absolute atomic E-state index is 12.5. The van der Waals surface area contributed by atoms with Crippen LogP contribution in [0.5, 0.6) is 0 Å². The molecule has 0 aromatic rings. The van der Waals surface area contributed by atoms with Crippen molar-refractivity contribution in [3.05, 3.63) is 0 Å². The van der Waals surface area contributed by atoms with Crippen molar-refractivity contribution in [2.45, 2.75) is 114 Å². The van der Waals surface area contributed by atoms with Gasteiger partial charge >= 0.3 is 18.0 Å². The van der Waals surface area contributed by atoms with Crippen LogP contribution in [0.25, 0.3) is 0 Å². The minimum Gasteiger partial charge on any atom is -0.466 e. The van der Waals surface area contributed by atoms with Crippen LogP contribution in [-0.4, -0.2) is 58.2 Å². The molecule has 0 radical (unpaired) electrons. The number of carbonyl (C=O) groups is 3. The quantitative estimate of drug-likeness (QED) is 0.0724. The number of ether oxygens (including phenoxy) is 3. The van der Waals surface area contributed by atoms with Gasteiger partial charge in [0.1, 0.15) is 18.2 Å². The van der Waals surface area contributed by atoms with E-state index in [0.717, 1.165) is 12.8 Å². The molecule has 0 heterocycles. The number of rotatable bonds is 19. The Labute approximate surface area is 236 Å². The highest BCUT2D eigenvalue weighted by molar-refractivity contribution is 7.99. The zero-order valence-electron chi connectivity index (χ0n) is 22.2. The highest BCUT2D eigenvalue weighted by Gasteiger charge is 2.28. The summed E-state index contributed by atoms with van der Waals surface area (Å²) >= 11 is 18.2. The fourth-order valence-corrected chi connectivity index (χ4v) is 4.18. The molecule has 0 rings (SSSR count). The number of unbranched alkanes of at least 4 members (excludes halogenated alkanes) is 8. The lowest BCUT2D eigenvalue weighted by Gasteiger charge is -2.24. The molecule has 0 aliphatic rings. The Bertz CT molecular complexity index is 626. The number of thioether (sulfide) groups is 1. The summed E-state index contributed by atoms with van der Waals surface area (Å²) in [5.74, 6) is 0.126. The van der Waals surface area contributed by atoms with Crippen molar-refractivity contribution in [3.63, 3.8) is 0 Å². The summed E-state index contributed by atoms with van der Waals surface area (Å²) in [5, 5.41) is 2.45. The molecular weight excluding hydrogens is 549 g/mol. The minimum absolute atomic E-state index is 0.173. The zero-order chi connectivity index (χ0) is 27.5. The molecule has 0 aliphatic heterocycles. The number of hydrogen-bond donors (Lipinski definition) is 1. The largest absolute Gasteiger partial charge is 0.466 e.